The minimum atomic E-state index is 0.873. The number of thiazole rings is 1. The highest BCUT2D eigenvalue weighted by atomic mass is 32.1. The molecule has 2 aromatic heterocycles. The van der Waals surface area contributed by atoms with E-state index in [0.717, 1.165) is 22.0 Å². The second-order valence-electron chi connectivity index (χ2n) is 3.55. The van der Waals surface area contributed by atoms with Gasteiger partial charge in [-0.2, -0.15) is 5.10 Å². The van der Waals surface area contributed by atoms with E-state index in [-0.39, 0.29) is 0 Å². The van der Waals surface area contributed by atoms with Crippen molar-refractivity contribution < 1.29 is 0 Å². The van der Waals surface area contributed by atoms with E-state index in [0.29, 0.717) is 0 Å². The van der Waals surface area contributed by atoms with Crippen LogP contribution in [0.4, 0.5) is 0 Å². The molecular formula is C12H9N4S. The molecule has 0 saturated heterocycles. The molecular weight excluding hydrogens is 232 g/mol. The summed E-state index contributed by atoms with van der Waals surface area (Å²) >= 11 is 1.65. The minimum Gasteiger partial charge on any atom is -0.242 e. The SMILES string of the molecule is Cc1nc(-c2c[c]c(-n3cncn3)cc2)cs1. The predicted molar refractivity (Wildman–Crippen MR) is 66.0 cm³/mol. The summed E-state index contributed by atoms with van der Waals surface area (Å²) in [6.45, 7) is 2.00. The molecule has 83 valence electrons. The Labute approximate surface area is 103 Å². The lowest BCUT2D eigenvalue weighted by Crippen LogP contribution is -1.93. The maximum absolute atomic E-state index is 4.44. The van der Waals surface area contributed by atoms with E-state index in [1.54, 1.807) is 22.3 Å². The number of aryl methyl sites for hydroxylation is 1. The molecule has 4 nitrogen and oxygen atoms in total. The molecule has 0 atom stereocenters. The molecule has 0 saturated carbocycles. The van der Waals surface area contributed by atoms with Crippen molar-refractivity contribution >= 4 is 11.3 Å². The zero-order chi connectivity index (χ0) is 11.7. The Morgan fingerprint density at radius 2 is 2.29 bits per heavy atom. The molecule has 0 unspecified atom stereocenters. The van der Waals surface area contributed by atoms with E-state index >= 15 is 0 Å². The van der Waals surface area contributed by atoms with Gasteiger partial charge in [-0.25, -0.2) is 14.6 Å². The Morgan fingerprint density at radius 1 is 1.35 bits per heavy atom. The number of benzene rings is 1. The third kappa shape index (κ3) is 1.97. The van der Waals surface area contributed by atoms with E-state index in [1.165, 1.54) is 6.33 Å². The van der Waals surface area contributed by atoms with Crippen molar-refractivity contribution in [3.63, 3.8) is 0 Å². The topological polar surface area (TPSA) is 43.6 Å². The van der Waals surface area contributed by atoms with Gasteiger partial charge in [0, 0.05) is 17.0 Å². The van der Waals surface area contributed by atoms with Crippen LogP contribution in [0.3, 0.4) is 0 Å². The van der Waals surface area contributed by atoms with Gasteiger partial charge in [-0.3, -0.25) is 0 Å². The fourth-order valence-corrected chi connectivity index (χ4v) is 2.17. The summed E-state index contributed by atoms with van der Waals surface area (Å²) in [4.78, 5) is 8.34. The largest absolute Gasteiger partial charge is 0.242 e. The van der Waals surface area contributed by atoms with Gasteiger partial charge in [0.25, 0.3) is 0 Å². The first-order valence-corrected chi connectivity index (χ1v) is 6.00. The van der Waals surface area contributed by atoms with Gasteiger partial charge >= 0.3 is 0 Å². The molecule has 2 heterocycles. The van der Waals surface area contributed by atoms with E-state index in [9.17, 15) is 0 Å². The van der Waals surface area contributed by atoms with Gasteiger partial charge < -0.3 is 0 Å². The molecule has 0 spiro atoms. The second kappa shape index (κ2) is 4.10. The van der Waals surface area contributed by atoms with Crippen LogP contribution in [-0.2, 0) is 0 Å². The van der Waals surface area contributed by atoms with E-state index in [4.69, 9.17) is 0 Å². The molecule has 3 aromatic rings. The van der Waals surface area contributed by atoms with Crippen LogP contribution < -0.4 is 0 Å². The monoisotopic (exact) mass is 241 g/mol. The lowest BCUT2D eigenvalue weighted by molar-refractivity contribution is 0.878. The Bertz CT molecular complexity index is 610. The lowest BCUT2D eigenvalue weighted by Gasteiger charge is -2.00. The van der Waals surface area contributed by atoms with Crippen LogP contribution in [0.5, 0.6) is 0 Å². The molecule has 0 aliphatic rings. The van der Waals surface area contributed by atoms with Crippen LogP contribution in [0.2, 0.25) is 0 Å². The van der Waals surface area contributed by atoms with Gasteiger partial charge in [0.05, 0.1) is 16.4 Å². The lowest BCUT2D eigenvalue weighted by atomic mass is 10.1. The quantitative estimate of drug-likeness (QED) is 0.692. The predicted octanol–water partition coefficient (Wildman–Crippen LogP) is 2.50. The van der Waals surface area contributed by atoms with Crippen molar-refractivity contribution in [2.24, 2.45) is 0 Å². The van der Waals surface area contributed by atoms with Crippen LogP contribution in [0.25, 0.3) is 16.9 Å². The van der Waals surface area contributed by atoms with Crippen LogP contribution in [0.15, 0.2) is 36.2 Å². The first kappa shape index (κ1) is 10.2. The van der Waals surface area contributed by atoms with Crippen molar-refractivity contribution in [1.29, 1.82) is 0 Å². The molecule has 0 amide bonds. The minimum absolute atomic E-state index is 0.873. The average molecular weight is 241 g/mol. The Kier molecular flexibility index (Phi) is 2.45. The number of rotatable bonds is 2. The summed E-state index contributed by atoms with van der Waals surface area (Å²) in [7, 11) is 0. The molecule has 1 radical (unpaired) electrons. The molecule has 1 aromatic carbocycles. The first-order chi connectivity index (χ1) is 8.33. The highest BCUT2D eigenvalue weighted by Crippen LogP contribution is 2.22. The van der Waals surface area contributed by atoms with Crippen LogP contribution in [0.1, 0.15) is 5.01 Å². The summed E-state index contributed by atoms with van der Waals surface area (Å²) in [5, 5.41) is 7.17. The highest BCUT2D eigenvalue weighted by molar-refractivity contribution is 7.09. The summed E-state index contributed by atoms with van der Waals surface area (Å²) in [6.07, 6.45) is 3.16. The maximum Gasteiger partial charge on any atom is 0.138 e. The molecule has 3 rings (SSSR count). The van der Waals surface area contributed by atoms with Gasteiger partial charge in [0.1, 0.15) is 12.7 Å². The Hall–Kier alpha value is -2.01. The normalized spacial score (nSPS) is 10.6. The summed E-state index contributed by atoms with van der Waals surface area (Å²) in [5.41, 5.74) is 2.94. The summed E-state index contributed by atoms with van der Waals surface area (Å²) < 4.78 is 1.68. The fraction of sp³-hybridized carbons (Fsp3) is 0.0833. The maximum atomic E-state index is 4.44. The van der Waals surface area contributed by atoms with Gasteiger partial charge in [0.15, 0.2) is 0 Å². The van der Waals surface area contributed by atoms with Crippen LogP contribution in [0, 0.1) is 13.0 Å². The summed E-state index contributed by atoms with van der Waals surface area (Å²) in [6, 6.07) is 9.07. The molecule has 0 bridgehead atoms. The van der Waals surface area contributed by atoms with Crippen molar-refractivity contribution in [2.45, 2.75) is 6.92 Å². The zero-order valence-corrected chi connectivity index (χ0v) is 9.98. The number of hydrogen-bond donors (Lipinski definition) is 0. The highest BCUT2D eigenvalue weighted by Gasteiger charge is 2.03. The van der Waals surface area contributed by atoms with Crippen molar-refractivity contribution in [1.82, 2.24) is 19.7 Å². The number of aromatic nitrogens is 4. The molecule has 0 aliphatic carbocycles. The van der Waals surface area contributed by atoms with Crippen molar-refractivity contribution in [3.8, 4) is 16.9 Å². The van der Waals surface area contributed by atoms with E-state index < -0.39 is 0 Å². The third-order valence-electron chi connectivity index (χ3n) is 2.38. The van der Waals surface area contributed by atoms with Crippen LogP contribution >= 0.6 is 11.3 Å². The molecule has 0 aliphatic heterocycles. The Morgan fingerprint density at radius 3 is 2.88 bits per heavy atom. The standard InChI is InChI=1S/C12H9N4S/c1-9-15-12(6-17-9)10-2-4-11(5-3-10)16-8-13-7-14-16/h2-4,6-8H,1H3. The van der Waals surface area contributed by atoms with Crippen molar-refractivity contribution in [3.05, 3.63) is 47.3 Å². The molecule has 5 heteroatoms. The van der Waals surface area contributed by atoms with E-state index in [2.05, 4.69) is 21.1 Å². The summed E-state index contributed by atoms with van der Waals surface area (Å²) in [5.74, 6) is 0. The number of hydrogen-bond acceptors (Lipinski definition) is 4. The zero-order valence-electron chi connectivity index (χ0n) is 9.16. The average Bonchev–Trinajstić information content (AvgIpc) is 3.00. The first-order valence-electron chi connectivity index (χ1n) is 5.12. The van der Waals surface area contributed by atoms with Crippen molar-refractivity contribution in [2.75, 3.05) is 0 Å². The molecule has 0 fully saturated rings. The smallest absolute Gasteiger partial charge is 0.138 e. The van der Waals surface area contributed by atoms with Gasteiger partial charge in [-0.1, -0.05) is 6.07 Å². The number of nitrogens with zero attached hydrogens (tertiary/aromatic N) is 4. The van der Waals surface area contributed by atoms with Gasteiger partial charge in [-0.05, 0) is 19.1 Å². The Balaban J connectivity index is 1.95. The molecule has 17 heavy (non-hydrogen) atoms. The second-order valence-corrected chi connectivity index (χ2v) is 4.62. The van der Waals surface area contributed by atoms with E-state index in [1.807, 2.05) is 30.5 Å². The third-order valence-corrected chi connectivity index (χ3v) is 3.15. The molecule has 0 N–H and O–H groups in total. The van der Waals surface area contributed by atoms with Gasteiger partial charge in [-0.15, -0.1) is 11.3 Å². The van der Waals surface area contributed by atoms with Crippen LogP contribution in [-0.4, -0.2) is 19.7 Å². The fourth-order valence-electron chi connectivity index (χ4n) is 1.55. The van der Waals surface area contributed by atoms with Gasteiger partial charge in [0.2, 0.25) is 0 Å².